The Bertz CT molecular complexity index is 1120. The summed E-state index contributed by atoms with van der Waals surface area (Å²) in [4.78, 5) is 35.9. The first-order valence-electron chi connectivity index (χ1n) is 9.88. The highest BCUT2D eigenvalue weighted by Gasteiger charge is 2.26. The summed E-state index contributed by atoms with van der Waals surface area (Å²) in [7, 11) is -3.88. The van der Waals surface area contributed by atoms with Crippen LogP contribution < -0.4 is 16.4 Å². The van der Waals surface area contributed by atoms with Gasteiger partial charge in [0.25, 0.3) is 11.8 Å². The molecule has 2 aromatic carbocycles. The highest BCUT2D eigenvalue weighted by molar-refractivity contribution is 7.89. The number of amides is 3. The molecule has 0 aliphatic carbocycles. The van der Waals surface area contributed by atoms with Crippen molar-refractivity contribution in [3.05, 3.63) is 58.6 Å². The quantitative estimate of drug-likeness (QED) is 0.478. The van der Waals surface area contributed by atoms with Crippen molar-refractivity contribution in [2.75, 3.05) is 25.0 Å². The molecular formula is C21H25ClN4O5S. The molecule has 0 spiro atoms. The van der Waals surface area contributed by atoms with Gasteiger partial charge in [-0.2, -0.15) is 4.31 Å². The second-order valence-corrected chi connectivity index (χ2v) is 9.02. The van der Waals surface area contributed by atoms with Gasteiger partial charge in [-0.1, -0.05) is 37.6 Å². The van der Waals surface area contributed by atoms with Gasteiger partial charge in [-0.25, -0.2) is 8.42 Å². The molecule has 32 heavy (non-hydrogen) atoms. The van der Waals surface area contributed by atoms with Gasteiger partial charge in [0.15, 0.2) is 0 Å². The number of nitrogens with zero attached hydrogens (tertiary/aromatic N) is 1. The molecular weight excluding hydrogens is 456 g/mol. The number of benzene rings is 2. The van der Waals surface area contributed by atoms with Gasteiger partial charge in [-0.15, -0.1) is 0 Å². The van der Waals surface area contributed by atoms with Gasteiger partial charge in [-0.3, -0.25) is 14.4 Å². The van der Waals surface area contributed by atoms with Gasteiger partial charge in [0.2, 0.25) is 15.9 Å². The molecule has 0 aliphatic heterocycles. The van der Waals surface area contributed by atoms with Gasteiger partial charge in [0.05, 0.1) is 16.3 Å². The number of carbonyl (C=O) groups is 3. The van der Waals surface area contributed by atoms with E-state index in [1.807, 2.05) is 0 Å². The fourth-order valence-corrected chi connectivity index (χ4v) is 4.88. The standard InChI is InChI=1S/C21H25ClN4O5S/c1-3-26(4-2)32(30,31)18-13-14(9-10-16(18)22)20(28)25-17-8-6-5-7-15(17)21(29)24-12-11-19(23)27/h5-10,13H,3-4,11-12H2,1-2H3,(H2,23,27)(H,24,29)(H,25,28). The monoisotopic (exact) mass is 480 g/mol. The molecule has 4 N–H and O–H groups in total. The number of rotatable bonds is 10. The third kappa shape index (κ3) is 6.06. The predicted octanol–water partition coefficient (Wildman–Crippen LogP) is 2.23. The van der Waals surface area contributed by atoms with Gasteiger partial charge < -0.3 is 16.4 Å². The molecule has 9 nitrogen and oxygen atoms in total. The second-order valence-electron chi connectivity index (χ2n) is 6.71. The minimum Gasteiger partial charge on any atom is -0.370 e. The Morgan fingerprint density at radius 3 is 2.31 bits per heavy atom. The Labute approximate surface area is 192 Å². The summed E-state index contributed by atoms with van der Waals surface area (Å²) in [6.07, 6.45) is -0.0190. The van der Waals surface area contributed by atoms with Crippen LogP contribution in [0, 0.1) is 0 Å². The lowest BCUT2D eigenvalue weighted by Gasteiger charge is -2.19. The number of carbonyl (C=O) groups excluding carboxylic acids is 3. The molecule has 0 heterocycles. The molecule has 0 aliphatic rings. The molecule has 0 aromatic heterocycles. The van der Waals surface area contributed by atoms with Crippen molar-refractivity contribution in [1.29, 1.82) is 0 Å². The first-order chi connectivity index (χ1) is 15.1. The first kappa shape index (κ1) is 25.3. The fraction of sp³-hybridized carbons (Fsp3) is 0.286. The highest BCUT2D eigenvalue weighted by atomic mass is 35.5. The number of hydrogen-bond acceptors (Lipinski definition) is 5. The van der Waals surface area contributed by atoms with Gasteiger partial charge in [0, 0.05) is 31.6 Å². The number of anilines is 1. The number of hydrogen-bond donors (Lipinski definition) is 3. The zero-order chi connectivity index (χ0) is 23.9. The average molecular weight is 481 g/mol. The van der Waals surface area contributed by atoms with E-state index < -0.39 is 27.7 Å². The fourth-order valence-electron chi connectivity index (χ4n) is 2.92. The molecule has 11 heteroatoms. The molecule has 0 fully saturated rings. The van der Waals surface area contributed by atoms with E-state index in [9.17, 15) is 22.8 Å². The summed E-state index contributed by atoms with van der Waals surface area (Å²) in [5, 5.41) is 5.17. The number of halogens is 1. The largest absolute Gasteiger partial charge is 0.370 e. The lowest BCUT2D eigenvalue weighted by Crippen LogP contribution is -2.31. The third-order valence-corrected chi connectivity index (χ3v) is 7.12. The highest BCUT2D eigenvalue weighted by Crippen LogP contribution is 2.26. The Morgan fingerprint density at radius 2 is 1.69 bits per heavy atom. The van der Waals surface area contributed by atoms with Crippen molar-refractivity contribution < 1.29 is 22.8 Å². The lowest BCUT2D eigenvalue weighted by molar-refractivity contribution is -0.117. The number of nitrogens with two attached hydrogens (primary N) is 1. The van der Waals surface area contributed by atoms with Crippen LogP contribution in [-0.2, 0) is 14.8 Å². The molecule has 0 saturated carbocycles. The molecule has 2 rings (SSSR count). The van der Waals surface area contributed by atoms with E-state index >= 15 is 0 Å². The van der Waals surface area contributed by atoms with Gasteiger partial charge in [-0.05, 0) is 30.3 Å². The Morgan fingerprint density at radius 1 is 1.03 bits per heavy atom. The molecule has 0 atom stereocenters. The van der Waals surface area contributed by atoms with E-state index in [1.165, 1.54) is 34.6 Å². The Hall–Kier alpha value is -2.95. The van der Waals surface area contributed by atoms with Crippen LogP contribution in [0.2, 0.25) is 5.02 Å². The minimum absolute atomic E-state index is 0.00248. The maximum Gasteiger partial charge on any atom is 0.255 e. The number of sulfonamides is 1. The van der Waals surface area contributed by atoms with Crippen LogP contribution in [0.1, 0.15) is 41.0 Å². The summed E-state index contributed by atoms with van der Waals surface area (Å²) in [6.45, 7) is 3.97. The van der Waals surface area contributed by atoms with E-state index in [0.29, 0.717) is 0 Å². The van der Waals surface area contributed by atoms with Crippen LogP contribution in [0.15, 0.2) is 47.4 Å². The van der Waals surface area contributed by atoms with Gasteiger partial charge >= 0.3 is 0 Å². The zero-order valence-corrected chi connectivity index (χ0v) is 19.3. The molecule has 2 aromatic rings. The smallest absolute Gasteiger partial charge is 0.255 e. The van der Waals surface area contributed by atoms with Crippen LogP contribution in [0.5, 0.6) is 0 Å². The average Bonchev–Trinajstić information content (AvgIpc) is 2.74. The van der Waals surface area contributed by atoms with Crippen molar-refractivity contribution in [2.24, 2.45) is 5.73 Å². The van der Waals surface area contributed by atoms with Crippen molar-refractivity contribution >= 4 is 45.0 Å². The maximum atomic E-state index is 12.9. The van der Waals surface area contributed by atoms with E-state index in [4.69, 9.17) is 17.3 Å². The van der Waals surface area contributed by atoms with Crippen molar-refractivity contribution in [3.63, 3.8) is 0 Å². The second kappa shape index (κ2) is 11.1. The first-order valence-corrected chi connectivity index (χ1v) is 11.7. The number of para-hydroxylation sites is 1. The van der Waals surface area contributed by atoms with Crippen LogP contribution in [0.3, 0.4) is 0 Å². The number of primary amides is 1. The molecule has 0 radical (unpaired) electrons. The topological polar surface area (TPSA) is 139 Å². The summed E-state index contributed by atoms with van der Waals surface area (Å²) in [5.74, 6) is -1.66. The molecule has 0 bridgehead atoms. The van der Waals surface area contributed by atoms with Crippen molar-refractivity contribution in [2.45, 2.75) is 25.2 Å². The summed E-state index contributed by atoms with van der Waals surface area (Å²) < 4.78 is 27.0. The normalized spacial score (nSPS) is 11.2. The van der Waals surface area contributed by atoms with Crippen molar-refractivity contribution in [3.8, 4) is 0 Å². The zero-order valence-electron chi connectivity index (χ0n) is 17.7. The third-order valence-electron chi connectivity index (χ3n) is 4.59. The Balaban J connectivity index is 2.30. The van der Waals surface area contributed by atoms with E-state index in [2.05, 4.69) is 10.6 Å². The van der Waals surface area contributed by atoms with E-state index in [0.717, 1.165) is 0 Å². The van der Waals surface area contributed by atoms with Crippen LogP contribution in [0.25, 0.3) is 0 Å². The predicted molar refractivity (Wildman–Crippen MR) is 122 cm³/mol. The maximum absolute atomic E-state index is 12.9. The van der Waals surface area contributed by atoms with Crippen molar-refractivity contribution in [1.82, 2.24) is 9.62 Å². The van der Waals surface area contributed by atoms with Gasteiger partial charge in [0.1, 0.15) is 4.90 Å². The lowest BCUT2D eigenvalue weighted by atomic mass is 10.1. The molecule has 172 valence electrons. The summed E-state index contributed by atoms with van der Waals surface area (Å²) in [5.41, 5.74) is 5.52. The van der Waals surface area contributed by atoms with Crippen LogP contribution in [0.4, 0.5) is 5.69 Å². The molecule has 0 saturated heterocycles. The SMILES string of the molecule is CCN(CC)S(=O)(=O)c1cc(C(=O)Nc2ccccc2C(=O)NCCC(N)=O)ccc1Cl. The summed E-state index contributed by atoms with van der Waals surface area (Å²) >= 11 is 6.12. The van der Waals surface area contributed by atoms with Crippen LogP contribution >= 0.6 is 11.6 Å². The number of nitrogens with one attached hydrogen (secondary N) is 2. The summed E-state index contributed by atoms with van der Waals surface area (Å²) in [6, 6.07) is 10.2. The minimum atomic E-state index is -3.88. The molecule has 0 unspecified atom stereocenters. The molecule has 3 amide bonds. The van der Waals surface area contributed by atoms with E-state index in [-0.39, 0.29) is 52.8 Å². The van der Waals surface area contributed by atoms with E-state index in [1.54, 1.807) is 26.0 Å². The Kier molecular flexibility index (Phi) is 8.76. The van der Waals surface area contributed by atoms with Crippen LogP contribution in [-0.4, -0.2) is 50.1 Å².